The Morgan fingerprint density at radius 1 is 1.32 bits per heavy atom. The first-order valence-corrected chi connectivity index (χ1v) is 6.99. The highest BCUT2D eigenvalue weighted by Crippen LogP contribution is 2.27. The maximum Gasteiger partial charge on any atom is 0.0937 e. The number of aliphatic hydroxyl groups excluding tert-OH is 1. The molecule has 102 valence electrons. The number of nitrogens with zero attached hydrogens (tertiary/aromatic N) is 1. The zero-order chi connectivity index (χ0) is 13.2. The van der Waals surface area contributed by atoms with Crippen LogP contribution in [0, 0.1) is 0 Å². The quantitative estimate of drug-likeness (QED) is 0.802. The molecule has 3 rings (SSSR count). The van der Waals surface area contributed by atoms with E-state index in [-0.39, 0.29) is 0 Å². The van der Waals surface area contributed by atoms with E-state index in [1.54, 1.807) is 0 Å². The van der Waals surface area contributed by atoms with Crippen LogP contribution in [0.1, 0.15) is 11.7 Å². The molecule has 0 amide bonds. The van der Waals surface area contributed by atoms with Crippen molar-refractivity contribution in [1.29, 1.82) is 0 Å². The molecule has 1 aromatic heterocycles. The van der Waals surface area contributed by atoms with Crippen molar-refractivity contribution in [3.8, 4) is 0 Å². The average Bonchev–Trinajstić information content (AvgIpc) is 2.82. The number of nitrogens with one attached hydrogen (secondary N) is 2. The van der Waals surface area contributed by atoms with E-state index < -0.39 is 6.10 Å². The van der Waals surface area contributed by atoms with Gasteiger partial charge in [0.15, 0.2) is 0 Å². The average molecular weight is 280 g/mol. The number of rotatable bonds is 3. The molecule has 1 aliphatic heterocycles. The Morgan fingerprint density at radius 2 is 2.11 bits per heavy atom. The van der Waals surface area contributed by atoms with Gasteiger partial charge in [-0.2, -0.15) is 0 Å². The number of halogens is 1. The van der Waals surface area contributed by atoms with Gasteiger partial charge in [-0.15, -0.1) is 0 Å². The topological polar surface area (TPSA) is 51.3 Å². The van der Waals surface area contributed by atoms with Crippen LogP contribution in [0.5, 0.6) is 0 Å². The van der Waals surface area contributed by atoms with E-state index in [1.807, 2.05) is 24.4 Å². The minimum absolute atomic E-state index is 0.481. The third kappa shape index (κ3) is 2.77. The second-order valence-electron chi connectivity index (χ2n) is 5.00. The van der Waals surface area contributed by atoms with Gasteiger partial charge in [0.25, 0.3) is 0 Å². The van der Waals surface area contributed by atoms with Gasteiger partial charge < -0.3 is 15.4 Å². The molecule has 0 spiro atoms. The molecule has 1 unspecified atom stereocenters. The van der Waals surface area contributed by atoms with Crippen LogP contribution in [-0.2, 0) is 0 Å². The minimum Gasteiger partial charge on any atom is -0.387 e. The molecule has 4 nitrogen and oxygen atoms in total. The van der Waals surface area contributed by atoms with Crippen molar-refractivity contribution < 1.29 is 5.11 Å². The van der Waals surface area contributed by atoms with Gasteiger partial charge in [-0.1, -0.05) is 11.6 Å². The smallest absolute Gasteiger partial charge is 0.0937 e. The first kappa shape index (κ1) is 12.9. The van der Waals surface area contributed by atoms with Crippen molar-refractivity contribution in [3.05, 3.63) is 35.0 Å². The van der Waals surface area contributed by atoms with Crippen LogP contribution in [-0.4, -0.2) is 47.7 Å². The lowest BCUT2D eigenvalue weighted by Gasteiger charge is -2.29. The highest BCUT2D eigenvalue weighted by molar-refractivity contribution is 6.31. The lowest BCUT2D eigenvalue weighted by atomic mass is 10.1. The van der Waals surface area contributed by atoms with Gasteiger partial charge in [0.05, 0.1) is 6.10 Å². The monoisotopic (exact) mass is 279 g/mol. The SMILES string of the molecule is OC(CN1CCNCC1)c1c[nH]c2ccc(Cl)cc12. The maximum atomic E-state index is 10.4. The Balaban J connectivity index is 1.80. The lowest BCUT2D eigenvalue weighted by Crippen LogP contribution is -2.44. The van der Waals surface area contributed by atoms with Gasteiger partial charge in [-0.05, 0) is 18.2 Å². The van der Waals surface area contributed by atoms with Gasteiger partial charge in [0.1, 0.15) is 0 Å². The van der Waals surface area contributed by atoms with Crippen molar-refractivity contribution in [2.45, 2.75) is 6.10 Å². The Morgan fingerprint density at radius 3 is 2.89 bits per heavy atom. The molecule has 1 aliphatic rings. The molecular weight excluding hydrogens is 262 g/mol. The Labute approximate surface area is 117 Å². The predicted molar refractivity (Wildman–Crippen MR) is 77.6 cm³/mol. The molecule has 0 aliphatic carbocycles. The standard InChI is InChI=1S/C14H18ClN3O/c15-10-1-2-13-11(7-10)12(8-17-13)14(19)9-18-5-3-16-4-6-18/h1-2,7-8,14,16-17,19H,3-6,9H2. The van der Waals surface area contributed by atoms with Crippen LogP contribution < -0.4 is 5.32 Å². The number of aliphatic hydroxyl groups is 1. The lowest BCUT2D eigenvalue weighted by molar-refractivity contribution is 0.106. The predicted octanol–water partition coefficient (Wildman–Crippen LogP) is 1.76. The summed E-state index contributed by atoms with van der Waals surface area (Å²) in [7, 11) is 0. The molecule has 3 N–H and O–H groups in total. The number of hydrogen-bond acceptors (Lipinski definition) is 3. The summed E-state index contributed by atoms with van der Waals surface area (Å²) in [6, 6.07) is 5.70. The largest absolute Gasteiger partial charge is 0.387 e. The number of hydrogen-bond donors (Lipinski definition) is 3. The fourth-order valence-electron chi connectivity index (χ4n) is 2.63. The summed E-state index contributed by atoms with van der Waals surface area (Å²) in [5.41, 5.74) is 1.94. The molecule has 0 saturated carbocycles. The Bertz CT molecular complexity index is 563. The molecule has 19 heavy (non-hydrogen) atoms. The van der Waals surface area contributed by atoms with Crippen LogP contribution in [0.3, 0.4) is 0 Å². The van der Waals surface area contributed by atoms with Crippen molar-refractivity contribution in [3.63, 3.8) is 0 Å². The van der Waals surface area contributed by atoms with Crippen LogP contribution >= 0.6 is 11.6 Å². The first-order valence-electron chi connectivity index (χ1n) is 6.62. The molecular formula is C14H18ClN3O. The second kappa shape index (κ2) is 5.51. The molecule has 1 fully saturated rings. The molecule has 1 aromatic carbocycles. The minimum atomic E-state index is -0.481. The summed E-state index contributed by atoms with van der Waals surface area (Å²) in [6.45, 7) is 4.63. The molecule has 0 radical (unpaired) electrons. The van der Waals surface area contributed by atoms with Crippen LogP contribution in [0.25, 0.3) is 10.9 Å². The summed E-state index contributed by atoms with van der Waals surface area (Å²) in [4.78, 5) is 5.47. The van der Waals surface area contributed by atoms with Crippen molar-refractivity contribution >= 4 is 22.5 Å². The van der Waals surface area contributed by atoms with Gasteiger partial charge in [0.2, 0.25) is 0 Å². The summed E-state index contributed by atoms with van der Waals surface area (Å²) in [5, 5.41) is 15.4. The Kier molecular flexibility index (Phi) is 3.75. The van der Waals surface area contributed by atoms with E-state index in [0.717, 1.165) is 42.6 Å². The van der Waals surface area contributed by atoms with E-state index in [1.165, 1.54) is 0 Å². The molecule has 2 heterocycles. The number of H-pyrrole nitrogens is 1. The zero-order valence-corrected chi connectivity index (χ0v) is 11.5. The van der Waals surface area contributed by atoms with E-state index in [2.05, 4.69) is 15.2 Å². The van der Waals surface area contributed by atoms with Crippen molar-refractivity contribution in [2.75, 3.05) is 32.7 Å². The van der Waals surface area contributed by atoms with E-state index in [9.17, 15) is 5.11 Å². The third-order valence-electron chi connectivity index (χ3n) is 3.68. The number of aromatic amines is 1. The maximum absolute atomic E-state index is 10.4. The summed E-state index contributed by atoms with van der Waals surface area (Å²) < 4.78 is 0. The first-order chi connectivity index (χ1) is 9.24. The fraction of sp³-hybridized carbons (Fsp3) is 0.429. The van der Waals surface area contributed by atoms with Crippen molar-refractivity contribution in [1.82, 2.24) is 15.2 Å². The summed E-state index contributed by atoms with van der Waals surface area (Å²) in [5.74, 6) is 0. The number of β-amino-alcohol motifs (C(OH)–C–C–N with tert-alkyl or cyclic N) is 1. The number of piperazine rings is 1. The van der Waals surface area contributed by atoms with Gasteiger partial charge in [0, 0.05) is 60.4 Å². The highest BCUT2D eigenvalue weighted by atomic mass is 35.5. The van der Waals surface area contributed by atoms with Crippen LogP contribution in [0.2, 0.25) is 5.02 Å². The normalized spacial score (nSPS) is 18.8. The third-order valence-corrected chi connectivity index (χ3v) is 3.91. The van der Waals surface area contributed by atoms with Gasteiger partial charge in [-0.3, -0.25) is 4.90 Å². The summed E-state index contributed by atoms with van der Waals surface area (Å²) >= 11 is 6.03. The van der Waals surface area contributed by atoms with E-state index in [4.69, 9.17) is 11.6 Å². The van der Waals surface area contributed by atoms with Crippen LogP contribution in [0.4, 0.5) is 0 Å². The summed E-state index contributed by atoms with van der Waals surface area (Å²) in [6.07, 6.45) is 1.40. The van der Waals surface area contributed by atoms with Gasteiger partial charge >= 0.3 is 0 Å². The van der Waals surface area contributed by atoms with Crippen LogP contribution in [0.15, 0.2) is 24.4 Å². The number of benzene rings is 1. The molecule has 5 heteroatoms. The second-order valence-corrected chi connectivity index (χ2v) is 5.44. The number of aromatic nitrogens is 1. The zero-order valence-electron chi connectivity index (χ0n) is 10.7. The van der Waals surface area contributed by atoms with Crippen molar-refractivity contribution in [2.24, 2.45) is 0 Å². The number of fused-ring (bicyclic) bond motifs is 1. The molecule has 2 aromatic rings. The molecule has 1 saturated heterocycles. The molecule has 1 atom stereocenters. The Hall–Kier alpha value is -1.07. The van der Waals surface area contributed by atoms with Gasteiger partial charge in [-0.25, -0.2) is 0 Å². The van der Waals surface area contributed by atoms with E-state index >= 15 is 0 Å². The molecule has 0 bridgehead atoms. The van der Waals surface area contributed by atoms with E-state index in [0.29, 0.717) is 11.6 Å². The highest BCUT2D eigenvalue weighted by Gasteiger charge is 2.18. The fourth-order valence-corrected chi connectivity index (χ4v) is 2.80.